The minimum atomic E-state index is -1.17. The summed E-state index contributed by atoms with van der Waals surface area (Å²) in [6.45, 7) is 0. The maximum Gasteiger partial charge on any atom is 0.336 e. The van der Waals surface area contributed by atoms with Crippen LogP contribution in [0.4, 0.5) is 11.4 Å². The van der Waals surface area contributed by atoms with Crippen LogP contribution in [0.3, 0.4) is 0 Å². The summed E-state index contributed by atoms with van der Waals surface area (Å²) in [6.07, 6.45) is 0. The number of aromatic nitrogens is 1. The Balaban J connectivity index is 1.11. The normalized spacial score (nSPS) is 11.2. The largest absolute Gasteiger partial charge is 0.478 e. The monoisotopic (exact) mass is 553 g/mol. The zero-order chi connectivity index (χ0) is 26.9. The zero-order valence-corrected chi connectivity index (χ0v) is 21.8. The number of hydrogen-bond donors (Lipinski definition) is 3. The van der Waals surface area contributed by atoms with Crippen molar-refractivity contribution < 1.29 is 23.9 Å². The summed E-state index contributed by atoms with van der Waals surface area (Å²) in [5, 5.41) is 17.0. The van der Waals surface area contributed by atoms with Crippen LogP contribution in [0.1, 0.15) is 20.7 Å². The summed E-state index contributed by atoms with van der Waals surface area (Å²) < 4.78 is 7.44. The number of para-hydroxylation sites is 1. The van der Waals surface area contributed by atoms with Gasteiger partial charge in [-0.3, -0.25) is 9.59 Å². The van der Waals surface area contributed by atoms with Crippen LogP contribution in [0, 0.1) is 0 Å². The molecule has 2 aromatic heterocycles. The predicted octanol–water partition coefficient (Wildman–Crippen LogP) is 6.88. The molecule has 2 amide bonds. The first-order chi connectivity index (χ1) is 18.9. The quantitative estimate of drug-likeness (QED) is 0.184. The maximum atomic E-state index is 12.7. The lowest BCUT2D eigenvalue weighted by molar-refractivity contribution is -0.113. The number of carbonyl (C=O) groups excluding carboxylic acids is 2. The van der Waals surface area contributed by atoms with Crippen LogP contribution >= 0.6 is 23.1 Å². The number of hydrogen-bond acceptors (Lipinski definition) is 7. The molecular formula is C29H19N3O5S2. The third-order valence-electron chi connectivity index (χ3n) is 6.02. The Morgan fingerprint density at radius 2 is 1.54 bits per heavy atom. The lowest BCUT2D eigenvalue weighted by Crippen LogP contribution is -2.16. The third-order valence-corrected chi connectivity index (χ3v) is 8.18. The number of thioether (sulfide) groups is 1. The Labute approximate surface area is 229 Å². The van der Waals surface area contributed by atoms with Crippen molar-refractivity contribution in [3.05, 3.63) is 96.1 Å². The van der Waals surface area contributed by atoms with Gasteiger partial charge in [-0.05, 0) is 48.5 Å². The molecule has 0 radical (unpaired) electrons. The number of carboxylic acids is 1. The van der Waals surface area contributed by atoms with Crippen LogP contribution in [0.25, 0.3) is 32.2 Å². The van der Waals surface area contributed by atoms with Crippen LogP contribution in [0.2, 0.25) is 0 Å². The smallest absolute Gasteiger partial charge is 0.336 e. The molecule has 8 nitrogen and oxygen atoms in total. The van der Waals surface area contributed by atoms with E-state index in [4.69, 9.17) is 4.42 Å². The molecule has 0 saturated carbocycles. The first-order valence-electron chi connectivity index (χ1n) is 11.8. The van der Waals surface area contributed by atoms with E-state index in [1.54, 1.807) is 30.3 Å². The minimum absolute atomic E-state index is 0.0664. The Bertz CT molecular complexity index is 1910. The van der Waals surface area contributed by atoms with Gasteiger partial charge in [0, 0.05) is 28.2 Å². The summed E-state index contributed by atoms with van der Waals surface area (Å²) in [5.74, 6) is -1.67. The van der Waals surface area contributed by atoms with Gasteiger partial charge in [0.1, 0.15) is 11.2 Å². The first kappa shape index (κ1) is 24.7. The van der Waals surface area contributed by atoms with Crippen molar-refractivity contribution in [2.75, 3.05) is 16.4 Å². The number of furan rings is 1. The fourth-order valence-corrected chi connectivity index (χ4v) is 6.14. The van der Waals surface area contributed by atoms with Crippen LogP contribution in [0.15, 0.2) is 93.7 Å². The lowest BCUT2D eigenvalue weighted by atomic mass is 10.1. The fraction of sp³-hybridized carbons (Fsp3) is 0.0345. The standard InChI is InChI=1S/C29H19N3O5S2/c33-26(30-16-9-11-19-18-5-3-4-8-23(18)37-24(19)13-16)15-38-29-32-22-12-10-17(14-25(22)39-29)31-27(34)20-6-1-2-7-21(20)28(35)36/h1-14H,15H2,(H,30,33)(H,31,34)(H,35,36). The van der Waals surface area contributed by atoms with Gasteiger partial charge in [0.05, 0.1) is 27.1 Å². The van der Waals surface area contributed by atoms with E-state index in [2.05, 4.69) is 15.6 Å². The van der Waals surface area contributed by atoms with Crippen LogP contribution < -0.4 is 10.6 Å². The van der Waals surface area contributed by atoms with Crippen LogP contribution in [-0.4, -0.2) is 33.6 Å². The van der Waals surface area contributed by atoms with Crippen molar-refractivity contribution in [1.82, 2.24) is 4.98 Å². The van der Waals surface area contributed by atoms with E-state index in [1.165, 1.54) is 35.2 Å². The Kier molecular flexibility index (Phi) is 6.47. The average Bonchev–Trinajstić information content (AvgIpc) is 3.52. The summed E-state index contributed by atoms with van der Waals surface area (Å²) in [4.78, 5) is 41.3. The summed E-state index contributed by atoms with van der Waals surface area (Å²) >= 11 is 2.73. The highest BCUT2D eigenvalue weighted by atomic mass is 32.2. The Hall–Kier alpha value is -4.67. The zero-order valence-electron chi connectivity index (χ0n) is 20.1. The second-order valence-corrected chi connectivity index (χ2v) is 10.9. The molecule has 6 rings (SSSR count). The Morgan fingerprint density at radius 3 is 2.38 bits per heavy atom. The second-order valence-electron chi connectivity index (χ2n) is 8.61. The number of benzene rings is 4. The van der Waals surface area contributed by atoms with E-state index in [0.717, 1.165) is 26.6 Å². The third kappa shape index (κ3) is 5.07. The van der Waals surface area contributed by atoms with E-state index < -0.39 is 11.9 Å². The van der Waals surface area contributed by atoms with Crippen molar-refractivity contribution in [3.8, 4) is 0 Å². The predicted molar refractivity (Wildman–Crippen MR) is 154 cm³/mol. The molecule has 2 heterocycles. The highest BCUT2D eigenvalue weighted by Crippen LogP contribution is 2.33. The molecule has 39 heavy (non-hydrogen) atoms. The topological polar surface area (TPSA) is 122 Å². The van der Waals surface area contributed by atoms with Gasteiger partial charge in [-0.25, -0.2) is 9.78 Å². The number of carboxylic acid groups (broad SMARTS) is 1. The highest BCUT2D eigenvalue weighted by Gasteiger charge is 2.17. The molecule has 6 aromatic rings. The number of fused-ring (bicyclic) bond motifs is 4. The molecule has 0 aliphatic carbocycles. The van der Waals surface area contributed by atoms with E-state index in [-0.39, 0.29) is 22.8 Å². The van der Waals surface area contributed by atoms with Crippen molar-refractivity contribution >= 4 is 84.4 Å². The van der Waals surface area contributed by atoms with Crippen molar-refractivity contribution in [3.63, 3.8) is 0 Å². The molecule has 4 aromatic carbocycles. The number of nitrogens with zero attached hydrogens (tertiary/aromatic N) is 1. The molecule has 10 heteroatoms. The number of aromatic carboxylic acids is 1. The number of anilines is 2. The highest BCUT2D eigenvalue weighted by molar-refractivity contribution is 8.01. The van der Waals surface area contributed by atoms with Crippen molar-refractivity contribution in [1.29, 1.82) is 0 Å². The second kappa shape index (κ2) is 10.2. The molecule has 0 saturated heterocycles. The lowest BCUT2D eigenvalue weighted by Gasteiger charge is -2.07. The number of nitrogens with one attached hydrogen (secondary N) is 2. The molecular weight excluding hydrogens is 534 g/mol. The fourth-order valence-electron chi connectivity index (χ4n) is 4.24. The van der Waals surface area contributed by atoms with E-state index in [0.29, 0.717) is 21.3 Å². The number of carbonyl (C=O) groups is 3. The summed E-state index contributed by atoms with van der Waals surface area (Å²) in [5.41, 5.74) is 3.44. The Morgan fingerprint density at radius 1 is 0.821 bits per heavy atom. The molecule has 0 spiro atoms. The average molecular weight is 554 g/mol. The van der Waals surface area contributed by atoms with Crippen LogP contribution in [-0.2, 0) is 4.79 Å². The summed E-state index contributed by atoms with van der Waals surface area (Å²) in [6, 6.07) is 24.7. The van der Waals surface area contributed by atoms with Gasteiger partial charge >= 0.3 is 5.97 Å². The van der Waals surface area contributed by atoms with Gasteiger partial charge in [-0.15, -0.1) is 11.3 Å². The van der Waals surface area contributed by atoms with Gasteiger partial charge in [0.25, 0.3) is 5.91 Å². The van der Waals surface area contributed by atoms with Gasteiger partial charge in [-0.2, -0.15) is 0 Å². The molecule has 3 N–H and O–H groups in total. The number of thiazole rings is 1. The molecule has 0 fully saturated rings. The molecule has 0 aliphatic rings. The molecule has 192 valence electrons. The summed E-state index contributed by atoms with van der Waals surface area (Å²) in [7, 11) is 0. The van der Waals surface area contributed by atoms with Gasteiger partial charge < -0.3 is 20.2 Å². The van der Waals surface area contributed by atoms with E-state index >= 15 is 0 Å². The van der Waals surface area contributed by atoms with Crippen molar-refractivity contribution in [2.24, 2.45) is 0 Å². The molecule has 0 aliphatic heterocycles. The molecule has 0 bridgehead atoms. The number of amides is 2. The van der Waals surface area contributed by atoms with Gasteiger partial charge in [0.2, 0.25) is 5.91 Å². The SMILES string of the molecule is O=C(CSc1nc2ccc(NC(=O)c3ccccc3C(=O)O)cc2s1)Nc1ccc2c(c1)oc1ccccc12. The van der Waals surface area contributed by atoms with Gasteiger partial charge in [0.15, 0.2) is 4.34 Å². The van der Waals surface area contributed by atoms with Crippen LogP contribution in [0.5, 0.6) is 0 Å². The number of rotatable bonds is 7. The minimum Gasteiger partial charge on any atom is -0.478 e. The maximum absolute atomic E-state index is 12.7. The molecule has 0 atom stereocenters. The van der Waals surface area contributed by atoms with E-state index in [9.17, 15) is 19.5 Å². The molecule has 0 unspecified atom stereocenters. The van der Waals surface area contributed by atoms with Crippen molar-refractivity contribution in [2.45, 2.75) is 4.34 Å². The van der Waals surface area contributed by atoms with Gasteiger partial charge in [-0.1, -0.05) is 42.1 Å². The van der Waals surface area contributed by atoms with E-state index in [1.807, 2.05) is 42.5 Å². The first-order valence-corrected chi connectivity index (χ1v) is 13.6.